The molecule has 1 saturated heterocycles. The summed E-state index contributed by atoms with van der Waals surface area (Å²) in [6, 6.07) is 1.17. The lowest BCUT2D eigenvalue weighted by molar-refractivity contribution is -0.147. The predicted octanol–water partition coefficient (Wildman–Crippen LogP) is 1.65. The minimum absolute atomic E-state index is 0.0407. The van der Waals surface area contributed by atoms with E-state index in [4.69, 9.17) is 4.74 Å². The first-order valence-corrected chi connectivity index (χ1v) is 7.65. The largest absolute Gasteiger partial charge is 0.469 e. The van der Waals surface area contributed by atoms with Crippen molar-refractivity contribution in [1.82, 2.24) is 10.2 Å². The zero-order chi connectivity index (χ0) is 13.8. The molecule has 2 atom stereocenters. The van der Waals surface area contributed by atoms with Crippen molar-refractivity contribution in [3.05, 3.63) is 0 Å². The summed E-state index contributed by atoms with van der Waals surface area (Å²) in [4.78, 5) is 14.3. The fraction of sp³-hybridized carbons (Fsp3) is 0.933. The number of likely N-dealkylation sites (tertiary alicyclic amines) is 1. The van der Waals surface area contributed by atoms with Gasteiger partial charge in [0.05, 0.1) is 13.0 Å². The molecular formula is C15H28N2O2. The Hall–Kier alpha value is -0.610. The summed E-state index contributed by atoms with van der Waals surface area (Å²) in [7, 11) is 1.50. The van der Waals surface area contributed by atoms with Crippen LogP contribution in [0.4, 0.5) is 0 Å². The molecule has 2 aliphatic rings. The number of hydrogen-bond donors (Lipinski definition) is 1. The number of esters is 1. The number of carbonyl (C=O) groups excluding carboxylic acids is 1. The molecule has 19 heavy (non-hydrogen) atoms. The Bertz CT molecular complexity index is 303. The first-order chi connectivity index (χ1) is 9.10. The van der Waals surface area contributed by atoms with Crippen LogP contribution in [0.15, 0.2) is 0 Å². The molecule has 1 saturated carbocycles. The number of ether oxygens (including phenoxy) is 1. The van der Waals surface area contributed by atoms with Gasteiger partial charge in [0, 0.05) is 25.2 Å². The van der Waals surface area contributed by atoms with Crippen molar-refractivity contribution >= 4 is 5.97 Å². The van der Waals surface area contributed by atoms with Crippen LogP contribution in [0.1, 0.15) is 39.5 Å². The topological polar surface area (TPSA) is 41.6 Å². The average molecular weight is 268 g/mol. The first-order valence-electron chi connectivity index (χ1n) is 7.65. The lowest BCUT2D eigenvalue weighted by atomic mass is 9.93. The van der Waals surface area contributed by atoms with Gasteiger partial charge in [0.25, 0.3) is 0 Å². The summed E-state index contributed by atoms with van der Waals surface area (Å²) in [6.45, 7) is 7.53. The lowest BCUT2D eigenvalue weighted by Gasteiger charge is -2.37. The Morgan fingerprint density at radius 2 is 2.11 bits per heavy atom. The molecule has 2 unspecified atom stereocenters. The Balaban J connectivity index is 1.84. The minimum atomic E-state index is -0.0407. The zero-order valence-electron chi connectivity index (χ0n) is 12.5. The van der Waals surface area contributed by atoms with E-state index in [2.05, 4.69) is 24.1 Å². The first kappa shape index (κ1) is 14.8. The maximum atomic E-state index is 11.8. The van der Waals surface area contributed by atoms with Crippen molar-refractivity contribution in [3.8, 4) is 0 Å². The average Bonchev–Trinajstić information content (AvgIpc) is 3.21. The van der Waals surface area contributed by atoms with E-state index < -0.39 is 0 Å². The second kappa shape index (κ2) is 6.71. The Labute approximate surface area is 116 Å². The van der Waals surface area contributed by atoms with Crippen LogP contribution in [0.5, 0.6) is 0 Å². The van der Waals surface area contributed by atoms with Gasteiger partial charge < -0.3 is 10.1 Å². The second-order valence-electron chi connectivity index (χ2n) is 6.47. The third-order valence-electron chi connectivity index (χ3n) is 4.23. The summed E-state index contributed by atoms with van der Waals surface area (Å²) in [6.07, 6.45) is 4.72. The number of hydrogen-bond acceptors (Lipinski definition) is 4. The Morgan fingerprint density at radius 1 is 1.37 bits per heavy atom. The van der Waals surface area contributed by atoms with Gasteiger partial charge in [-0.1, -0.05) is 13.8 Å². The quantitative estimate of drug-likeness (QED) is 0.744. The number of nitrogens with zero attached hydrogens (tertiary/aromatic N) is 1. The maximum absolute atomic E-state index is 11.8. The number of rotatable bonds is 6. The zero-order valence-corrected chi connectivity index (χ0v) is 12.5. The molecule has 0 bridgehead atoms. The van der Waals surface area contributed by atoms with E-state index >= 15 is 0 Å². The van der Waals surface area contributed by atoms with E-state index in [1.54, 1.807) is 0 Å². The van der Waals surface area contributed by atoms with Gasteiger partial charge in [-0.25, -0.2) is 0 Å². The highest BCUT2D eigenvalue weighted by Gasteiger charge is 2.38. The molecule has 2 rings (SSSR count). The van der Waals surface area contributed by atoms with E-state index in [9.17, 15) is 4.79 Å². The number of nitrogens with one attached hydrogen (secondary N) is 1. The third kappa shape index (κ3) is 4.46. The van der Waals surface area contributed by atoms with Crippen molar-refractivity contribution < 1.29 is 9.53 Å². The van der Waals surface area contributed by atoms with E-state index in [-0.39, 0.29) is 11.9 Å². The second-order valence-corrected chi connectivity index (χ2v) is 6.47. The summed E-state index contributed by atoms with van der Waals surface area (Å²) in [5.41, 5.74) is 0. The van der Waals surface area contributed by atoms with E-state index in [1.165, 1.54) is 26.4 Å². The van der Waals surface area contributed by atoms with Gasteiger partial charge in [-0.05, 0) is 38.1 Å². The number of methoxy groups -OCH3 is 1. The molecule has 0 aromatic heterocycles. The van der Waals surface area contributed by atoms with Crippen LogP contribution in [0.3, 0.4) is 0 Å². The third-order valence-corrected chi connectivity index (χ3v) is 4.23. The van der Waals surface area contributed by atoms with E-state index in [0.29, 0.717) is 6.04 Å². The van der Waals surface area contributed by atoms with Gasteiger partial charge in [0.15, 0.2) is 0 Å². The standard InChI is InChI=1S/C15H28N2O2/c1-11(2)6-7-16-13-8-12(15(18)19-3)9-17(10-13)14-4-5-14/h11-14,16H,4-10H2,1-3H3. The van der Waals surface area contributed by atoms with Crippen molar-refractivity contribution in [2.45, 2.75) is 51.6 Å². The van der Waals surface area contributed by atoms with Crippen molar-refractivity contribution in [3.63, 3.8) is 0 Å². The monoisotopic (exact) mass is 268 g/mol. The van der Waals surface area contributed by atoms with Gasteiger partial charge >= 0.3 is 5.97 Å². The fourth-order valence-electron chi connectivity index (χ4n) is 2.93. The summed E-state index contributed by atoms with van der Waals surface area (Å²) >= 11 is 0. The molecule has 0 radical (unpaired) electrons. The van der Waals surface area contributed by atoms with Crippen LogP contribution >= 0.6 is 0 Å². The van der Waals surface area contributed by atoms with Gasteiger partial charge in [-0.3, -0.25) is 9.69 Å². The smallest absolute Gasteiger partial charge is 0.310 e. The van der Waals surface area contributed by atoms with Gasteiger partial charge in [0.2, 0.25) is 0 Å². The SMILES string of the molecule is COC(=O)C1CC(NCCC(C)C)CN(C2CC2)C1. The number of piperidine rings is 1. The van der Waals surface area contributed by atoms with Crippen LogP contribution in [-0.4, -0.2) is 49.7 Å². The molecule has 2 fully saturated rings. The molecule has 4 heteroatoms. The minimum Gasteiger partial charge on any atom is -0.469 e. The summed E-state index contributed by atoms with van der Waals surface area (Å²) in [5, 5.41) is 3.63. The predicted molar refractivity (Wildman–Crippen MR) is 76.0 cm³/mol. The van der Waals surface area contributed by atoms with Crippen LogP contribution in [0, 0.1) is 11.8 Å². The van der Waals surface area contributed by atoms with Crippen molar-refractivity contribution in [1.29, 1.82) is 0 Å². The molecule has 0 amide bonds. The van der Waals surface area contributed by atoms with Crippen LogP contribution in [-0.2, 0) is 9.53 Å². The van der Waals surface area contributed by atoms with Gasteiger partial charge in [0.1, 0.15) is 0 Å². The highest BCUT2D eigenvalue weighted by Crippen LogP contribution is 2.31. The van der Waals surface area contributed by atoms with Crippen LogP contribution in [0.2, 0.25) is 0 Å². The highest BCUT2D eigenvalue weighted by molar-refractivity contribution is 5.72. The Morgan fingerprint density at radius 3 is 2.68 bits per heavy atom. The van der Waals surface area contributed by atoms with E-state index in [0.717, 1.165) is 38.0 Å². The van der Waals surface area contributed by atoms with Crippen molar-refractivity contribution in [2.75, 3.05) is 26.7 Å². The van der Waals surface area contributed by atoms with Crippen molar-refractivity contribution in [2.24, 2.45) is 11.8 Å². The molecule has 1 heterocycles. The molecule has 4 nitrogen and oxygen atoms in total. The molecule has 110 valence electrons. The van der Waals surface area contributed by atoms with Gasteiger partial charge in [-0.15, -0.1) is 0 Å². The molecule has 0 aromatic rings. The van der Waals surface area contributed by atoms with Crippen LogP contribution < -0.4 is 5.32 Å². The number of carbonyl (C=O) groups is 1. The van der Waals surface area contributed by atoms with Gasteiger partial charge in [-0.2, -0.15) is 0 Å². The lowest BCUT2D eigenvalue weighted by Crippen LogP contribution is -2.52. The fourth-order valence-corrected chi connectivity index (χ4v) is 2.93. The summed E-state index contributed by atoms with van der Waals surface area (Å²) in [5.74, 6) is 0.740. The molecule has 1 aliphatic heterocycles. The molecule has 1 aliphatic carbocycles. The summed E-state index contributed by atoms with van der Waals surface area (Å²) < 4.78 is 4.94. The molecule has 0 spiro atoms. The highest BCUT2D eigenvalue weighted by atomic mass is 16.5. The Kier molecular flexibility index (Phi) is 5.22. The molecule has 1 N–H and O–H groups in total. The van der Waals surface area contributed by atoms with Crippen LogP contribution in [0.25, 0.3) is 0 Å². The van der Waals surface area contributed by atoms with E-state index in [1.807, 2.05) is 0 Å². The maximum Gasteiger partial charge on any atom is 0.310 e. The molecule has 0 aromatic carbocycles. The normalized spacial score (nSPS) is 28.6. The molecular weight excluding hydrogens is 240 g/mol.